The summed E-state index contributed by atoms with van der Waals surface area (Å²) in [5.74, 6) is -0.867. The number of amides is 1. The largest absolute Gasteiger partial charge is 0.397 e. The third-order valence-corrected chi connectivity index (χ3v) is 2.99. The SMILES string of the molecule is Nc1ccccc1NC(=O)Cc1c(F)cccc1Cl. The lowest BCUT2D eigenvalue weighted by atomic mass is 10.1. The fourth-order valence-electron chi connectivity index (χ4n) is 1.67. The molecule has 0 saturated heterocycles. The van der Waals surface area contributed by atoms with Gasteiger partial charge in [0.25, 0.3) is 0 Å². The molecule has 0 bridgehead atoms. The van der Waals surface area contributed by atoms with Crippen molar-refractivity contribution in [1.29, 1.82) is 0 Å². The lowest BCUT2D eigenvalue weighted by Crippen LogP contribution is -2.16. The molecule has 2 aromatic carbocycles. The Morgan fingerprint density at radius 3 is 2.63 bits per heavy atom. The van der Waals surface area contributed by atoms with Gasteiger partial charge in [0.15, 0.2) is 0 Å². The van der Waals surface area contributed by atoms with Crippen molar-refractivity contribution in [3.63, 3.8) is 0 Å². The van der Waals surface area contributed by atoms with Crippen LogP contribution in [0.25, 0.3) is 0 Å². The minimum absolute atomic E-state index is 0.139. The maximum Gasteiger partial charge on any atom is 0.229 e. The molecule has 5 heteroatoms. The molecule has 0 aliphatic rings. The summed E-state index contributed by atoms with van der Waals surface area (Å²) in [6, 6.07) is 11.2. The molecule has 2 rings (SSSR count). The van der Waals surface area contributed by atoms with Crippen molar-refractivity contribution in [2.45, 2.75) is 6.42 Å². The fraction of sp³-hybridized carbons (Fsp3) is 0.0714. The maximum absolute atomic E-state index is 13.5. The highest BCUT2D eigenvalue weighted by molar-refractivity contribution is 6.31. The number of anilines is 2. The molecule has 0 saturated carbocycles. The lowest BCUT2D eigenvalue weighted by molar-refractivity contribution is -0.115. The first-order valence-corrected chi connectivity index (χ1v) is 6.03. The Morgan fingerprint density at radius 2 is 1.95 bits per heavy atom. The molecule has 0 aromatic heterocycles. The number of carbonyl (C=O) groups excluding carboxylic acids is 1. The summed E-state index contributed by atoms with van der Waals surface area (Å²) < 4.78 is 13.5. The topological polar surface area (TPSA) is 55.1 Å². The molecule has 0 atom stereocenters. The Balaban J connectivity index is 2.12. The van der Waals surface area contributed by atoms with Gasteiger partial charge in [-0.1, -0.05) is 29.8 Å². The molecule has 0 fully saturated rings. The first kappa shape index (κ1) is 13.4. The van der Waals surface area contributed by atoms with Crippen LogP contribution in [0.3, 0.4) is 0 Å². The molecule has 0 aliphatic heterocycles. The number of benzene rings is 2. The van der Waals surface area contributed by atoms with Crippen molar-refractivity contribution in [3.8, 4) is 0 Å². The van der Waals surface area contributed by atoms with Gasteiger partial charge in [0.2, 0.25) is 5.91 Å². The van der Waals surface area contributed by atoms with Gasteiger partial charge in [0.05, 0.1) is 17.8 Å². The third kappa shape index (κ3) is 3.23. The van der Waals surface area contributed by atoms with Gasteiger partial charge < -0.3 is 11.1 Å². The van der Waals surface area contributed by atoms with Crippen LogP contribution >= 0.6 is 11.6 Å². The summed E-state index contributed by atoms with van der Waals surface area (Å²) in [5, 5.41) is 2.86. The third-order valence-electron chi connectivity index (χ3n) is 2.63. The van der Waals surface area contributed by atoms with E-state index in [1.165, 1.54) is 12.1 Å². The van der Waals surface area contributed by atoms with Crippen molar-refractivity contribution in [3.05, 3.63) is 58.9 Å². The van der Waals surface area contributed by atoms with Crippen LogP contribution in [0.5, 0.6) is 0 Å². The van der Waals surface area contributed by atoms with E-state index in [1.807, 2.05) is 0 Å². The Morgan fingerprint density at radius 1 is 1.21 bits per heavy atom. The number of carbonyl (C=O) groups is 1. The number of nitrogen functional groups attached to an aromatic ring is 1. The van der Waals surface area contributed by atoms with Gasteiger partial charge in [-0.3, -0.25) is 4.79 Å². The van der Waals surface area contributed by atoms with Crippen molar-refractivity contribution in [2.75, 3.05) is 11.1 Å². The highest BCUT2D eigenvalue weighted by Crippen LogP contribution is 2.21. The molecule has 0 radical (unpaired) electrons. The van der Waals surface area contributed by atoms with Crippen LogP contribution in [0.4, 0.5) is 15.8 Å². The fourth-order valence-corrected chi connectivity index (χ4v) is 1.90. The van der Waals surface area contributed by atoms with Crippen LogP contribution in [0.1, 0.15) is 5.56 Å². The second-order valence-electron chi connectivity index (χ2n) is 4.01. The molecule has 0 spiro atoms. The van der Waals surface area contributed by atoms with Crippen molar-refractivity contribution in [1.82, 2.24) is 0 Å². The predicted molar refractivity (Wildman–Crippen MR) is 74.6 cm³/mol. The minimum atomic E-state index is -0.497. The number of nitrogens with two attached hydrogens (primary N) is 1. The number of hydrogen-bond donors (Lipinski definition) is 2. The van der Waals surface area contributed by atoms with Crippen molar-refractivity contribution < 1.29 is 9.18 Å². The van der Waals surface area contributed by atoms with E-state index in [9.17, 15) is 9.18 Å². The van der Waals surface area contributed by atoms with E-state index in [4.69, 9.17) is 17.3 Å². The first-order valence-electron chi connectivity index (χ1n) is 5.65. The molecule has 0 heterocycles. The maximum atomic E-state index is 13.5. The summed E-state index contributed by atoms with van der Waals surface area (Å²) in [6.45, 7) is 0. The van der Waals surface area contributed by atoms with Gasteiger partial charge in [-0.25, -0.2) is 4.39 Å². The van der Waals surface area contributed by atoms with Gasteiger partial charge in [-0.15, -0.1) is 0 Å². The number of nitrogens with one attached hydrogen (secondary N) is 1. The molecule has 3 nitrogen and oxygen atoms in total. The molecular weight excluding hydrogens is 267 g/mol. The van der Waals surface area contributed by atoms with Gasteiger partial charge in [0, 0.05) is 10.6 Å². The van der Waals surface area contributed by atoms with E-state index in [2.05, 4.69) is 5.32 Å². The Hall–Kier alpha value is -2.07. The standard InChI is InChI=1S/C14H12ClFN2O/c15-10-4-3-5-11(16)9(10)8-14(19)18-13-7-2-1-6-12(13)17/h1-7H,8,17H2,(H,18,19). The Labute approximate surface area is 115 Å². The number of rotatable bonds is 3. The van der Waals surface area contributed by atoms with E-state index in [-0.39, 0.29) is 22.9 Å². The summed E-state index contributed by atoms with van der Waals surface area (Å²) >= 11 is 5.86. The van der Waals surface area contributed by atoms with E-state index in [0.29, 0.717) is 11.4 Å². The van der Waals surface area contributed by atoms with Crippen LogP contribution in [0, 0.1) is 5.82 Å². The number of para-hydroxylation sites is 2. The van der Waals surface area contributed by atoms with Gasteiger partial charge in [-0.05, 0) is 24.3 Å². The normalized spacial score (nSPS) is 10.2. The van der Waals surface area contributed by atoms with Gasteiger partial charge in [-0.2, -0.15) is 0 Å². The molecule has 19 heavy (non-hydrogen) atoms. The highest BCUT2D eigenvalue weighted by Gasteiger charge is 2.12. The van der Waals surface area contributed by atoms with Crippen molar-refractivity contribution in [2.24, 2.45) is 0 Å². The smallest absolute Gasteiger partial charge is 0.229 e. The minimum Gasteiger partial charge on any atom is -0.397 e. The van der Waals surface area contributed by atoms with Crippen molar-refractivity contribution >= 4 is 28.9 Å². The molecule has 0 aliphatic carbocycles. The zero-order chi connectivity index (χ0) is 13.8. The summed E-state index contributed by atoms with van der Waals surface area (Å²) in [6.07, 6.45) is -0.139. The average Bonchev–Trinajstić information content (AvgIpc) is 2.37. The first-order chi connectivity index (χ1) is 9.08. The second kappa shape index (κ2) is 5.71. The van der Waals surface area contributed by atoms with Crippen LogP contribution in [0.2, 0.25) is 5.02 Å². The molecular formula is C14H12ClFN2O. The highest BCUT2D eigenvalue weighted by atomic mass is 35.5. The Bertz CT molecular complexity index is 596. The van der Waals surface area contributed by atoms with Crippen LogP contribution < -0.4 is 11.1 Å². The molecule has 0 unspecified atom stereocenters. The lowest BCUT2D eigenvalue weighted by Gasteiger charge is -2.09. The molecule has 2 aromatic rings. The van der Waals surface area contributed by atoms with Gasteiger partial charge in [0.1, 0.15) is 5.82 Å². The number of halogens is 2. The van der Waals surface area contributed by atoms with E-state index < -0.39 is 5.82 Å². The summed E-state index contributed by atoms with van der Waals surface area (Å²) in [4.78, 5) is 11.8. The van der Waals surface area contributed by atoms with E-state index in [1.54, 1.807) is 30.3 Å². The summed E-state index contributed by atoms with van der Waals surface area (Å²) in [7, 11) is 0. The number of hydrogen-bond acceptors (Lipinski definition) is 2. The van der Waals surface area contributed by atoms with Crippen LogP contribution in [0.15, 0.2) is 42.5 Å². The molecule has 1 amide bonds. The van der Waals surface area contributed by atoms with Crippen LogP contribution in [-0.4, -0.2) is 5.91 Å². The Kier molecular flexibility index (Phi) is 4.02. The van der Waals surface area contributed by atoms with E-state index >= 15 is 0 Å². The van der Waals surface area contributed by atoms with Gasteiger partial charge >= 0.3 is 0 Å². The second-order valence-corrected chi connectivity index (χ2v) is 4.42. The molecule has 98 valence electrons. The van der Waals surface area contributed by atoms with Crippen LogP contribution in [-0.2, 0) is 11.2 Å². The predicted octanol–water partition coefficient (Wildman–Crippen LogP) is 3.24. The zero-order valence-corrected chi connectivity index (χ0v) is 10.7. The summed E-state index contributed by atoms with van der Waals surface area (Å²) in [5.41, 5.74) is 6.84. The average molecular weight is 279 g/mol. The molecule has 3 N–H and O–H groups in total. The monoisotopic (exact) mass is 278 g/mol. The zero-order valence-electron chi connectivity index (χ0n) is 9.99. The quantitative estimate of drug-likeness (QED) is 0.847. The van der Waals surface area contributed by atoms with E-state index in [0.717, 1.165) is 0 Å².